The number of carbonyl (C=O) groups excluding carboxylic acids is 1. The summed E-state index contributed by atoms with van der Waals surface area (Å²) in [5, 5.41) is 10.0. The van der Waals surface area contributed by atoms with E-state index in [-0.39, 0.29) is 22.9 Å². The van der Waals surface area contributed by atoms with E-state index in [1.807, 2.05) is 24.3 Å². The summed E-state index contributed by atoms with van der Waals surface area (Å²) in [5.41, 5.74) is 1.70. The monoisotopic (exact) mass is 471 g/mol. The molecule has 2 heterocycles. The SMILES string of the molecule is COc1ccccc1Oc1cnn(C)c(=O)c1Nc1cccc(C(=O)NCCc2ccccn2)c1. The predicted molar refractivity (Wildman–Crippen MR) is 133 cm³/mol. The topological polar surface area (TPSA) is 107 Å². The van der Waals surface area contributed by atoms with E-state index in [2.05, 4.69) is 20.7 Å². The summed E-state index contributed by atoms with van der Waals surface area (Å²) in [5.74, 6) is 0.957. The molecule has 0 aliphatic rings. The first-order valence-corrected chi connectivity index (χ1v) is 11.0. The van der Waals surface area contributed by atoms with E-state index in [1.165, 1.54) is 18.0 Å². The first kappa shape index (κ1) is 23.5. The lowest BCUT2D eigenvalue weighted by Crippen LogP contribution is -2.26. The van der Waals surface area contributed by atoms with Gasteiger partial charge in [0.2, 0.25) is 0 Å². The molecule has 0 aliphatic carbocycles. The maximum atomic E-state index is 12.9. The van der Waals surface area contributed by atoms with Crippen LogP contribution >= 0.6 is 0 Å². The summed E-state index contributed by atoms with van der Waals surface area (Å²) in [6.07, 6.45) is 3.80. The van der Waals surface area contributed by atoms with Crippen molar-refractivity contribution in [3.05, 3.63) is 101 Å². The van der Waals surface area contributed by atoms with E-state index in [0.29, 0.717) is 35.7 Å². The minimum absolute atomic E-state index is 0.182. The number of benzene rings is 2. The molecular weight excluding hydrogens is 446 g/mol. The molecule has 2 N–H and O–H groups in total. The maximum absolute atomic E-state index is 12.9. The molecule has 9 nitrogen and oxygen atoms in total. The van der Waals surface area contributed by atoms with Crippen LogP contribution in [0.2, 0.25) is 0 Å². The molecule has 0 aliphatic heterocycles. The number of aromatic nitrogens is 3. The lowest BCUT2D eigenvalue weighted by atomic mass is 10.1. The molecule has 0 atom stereocenters. The number of rotatable bonds is 9. The molecule has 0 saturated carbocycles. The third kappa shape index (κ3) is 5.83. The number of hydrogen-bond donors (Lipinski definition) is 2. The number of nitrogens with one attached hydrogen (secondary N) is 2. The van der Waals surface area contributed by atoms with Gasteiger partial charge in [-0.05, 0) is 42.5 Å². The molecule has 0 fully saturated rings. The molecule has 2 aromatic carbocycles. The highest BCUT2D eigenvalue weighted by molar-refractivity contribution is 5.95. The first-order chi connectivity index (χ1) is 17.0. The van der Waals surface area contributed by atoms with Gasteiger partial charge in [0, 0.05) is 43.2 Å². The van der Waals surface area contributed by atoms with Crippen LogP contribution in [-0.4, -0.2) is 34.3 Å². The van der Waals surface area contributed by atoms with Crippen molar-refractivity contribution in [2.45, 2.75) is 6.42 Å². The molecule has 0 saturated heterocycles. The third-order valence-electron chi connectivity index (χ3n) is 5.18. The Balaban J connectivity index is 1.52. The summed E-state index contributed by atoms with van der Waals surface area (Å²) in [7, 11) is 3.09. The second kappa shape index (κ2) is 11.0. The Hall–Kier alpha value is -4.66. The van der Waals surface area contributed by atoms with Crippen LogP contribution in [0.5, 0.6) is 17.2 Å². The van der Waals surface area contributed by atoms with Gasteiger partial charge in [-0.1, -0.05) is 24.3 Å². The molecule has 178 valence electrons. The normalized spacial score (nSPS) is 10.5. The predicted octanol–water partition coefficient (Wildman–Crippen LogP) is 3.69. The molecule has 0 unspecified atom stereocenters. The van der Waals surface area contributed by atoms with E-state index in [9.17, 15) is 9.59 Å². The zero-order valence-electron chi connectivity index (χ0n) is 19.4. The molecular formula is C26H25N5O4. The van der Waals surface area contributed by atoms with Crippen LogP contribution in [0.3, 0.4) is 0 Å². The molecule has 0 radical (unpaired) electrons. The number of hydrogen-bond acceptors (Lipinski definition) is 7. The number of methoxy groups -OCH3 is 1. The fourth-order valence-electron chi connectivity index (χ4n) is 3.37. The number of pyridine rings is 1. The minimum atomic E-state index is -0.386. The van der Waals surface area contributed by atoms with Gasteiger partial charge < -0.3 is 20.1 Å². The lowest BCUT2D eigenvalue weighted by molar-refractivity contribution is 0.0954. The van der Waals surface area contributed by atoms with Gasteiger partial charge in [-0.3, -0.25) is 14.6 Å². The molecule has 4 aromatic rings. The maximum Gasteiger partial charge on any atom is 0.294 e. The van der Waals surface area contributed by atoms with Crippen LogP contribution in [0, 0.1) is 0 Å². The number of amides is 1. The second-order valence-corrected chi connectivity index (χ2v) is 7.60. The Labute approximate surface area is 202 Å². The fourth-order valence-corrected chi connectivity index (χ4v) is 3.37. The van der Waals surface area contributed by atoms with Gasteiger partial charge in [0.25, 0.3) is 11.5 Å². The van der Waals surface area contributed by atoms with Crippen molar-refractivity contribution in [2.24, 2.45) is 7.05 Å². The van der Waals surface area contributed by atoms with Gasteiger partial charge in [0.15, 0.2) is 22.9 Å². The summed E-state index contributed by atoms with van der Waals surface area (Å²) in [4.78, 5) is 29.8. The van der Waals surface area contributed by atoms with Gasteiger partial charge in [-0.15, -0.1) is 0 Å². The highest BCUT2D eigenvalue weighted by Gasteiger charge is 2.15. The Morgan fingerprint density at radius 3 is 2.57 bits per heavy atom. The van der Waals surface area contributed by atoms with E-state index in [4.69, 9.17) is 9.47 Å². The molecule has 2 aromatic heterocycles. The number of carbonyl (C=O) groups is 1. The molecule has 9 heteroatoms. The van der Waals surface area contributed by atoms with Crippen molar-refractivity contribution in [2.75, 3.05) is 19.0 Å². The van der Waals surface area contributed by atoms with Crippen molar-refractivity contribution in [3.8, 4) is 17.2 Å². The molecule has 4 rings (SSSR count). The first-order valence-electron chi connectivity index (χ1n) is 11.0. The fraction of sp³-hybridized carbons (Fsp3) is 0.154. The highest BCUT2D eigenvalue weighted by Crippen LogP contribution is 2.34. The average molecular weight is 472 g/mol. The number of aryl methyl sites for hydroxylation is 1. The zero-order chi connectivity index (χ0) is 24.6. The van der Waals surface area contributed by atoms with E-state index >= 15 is 0 Å². The number of para-hydroxylation sites is 2. The lowest BCUT2D eigenvalue weighted by Gasteiger charge is -2.15. The summed E-state index contributed by atoms with van der Waals surface area (Å²) < 4.78 is 12.5. The van der Waals surface area contributed by atoms with Gasteiger partial charge >= 0.3 is 0 Å². The second-order valence-electron chi connectivity index (χ2n) is 7.60. The molecule has 0 spiro atoms. The van der Waals surface area contributed by atoms with Crippen molar-refractivity contribution in [1.29, 1.82) is 0 Å². The standard InChI is InChI=1S/C26H25N5O4/c1-31-26(33)24(23(17-29-31)35-22-12-4-3-11-21(22)34-2)30-20-10-7-8-18(16-20)25(32)28-15-13-19-9-5-6-14-27-19/h3-12,14,16-17,30H,13,15H2,1-2H3,(H,28,32). The Morgan fingerprint density at radius 2 is 1.80 bits per heavy atom. The highest BCUT2D eigenvalue weighted by atomic mass is 16.5. The van der Waals surface area contributed by atoms with Crippen LogP contribution in [0.1, 0.15) is 16.1 Å². The van der Waals surface area contributed by atoms with Crippen molar-refractivity contribution in [1.82, 2.24) is 20.1 Å². The summed E-state index contributed by atoms with van der Waals surface area (Å²) in [6, 6.07) is 19.7. The van der Waals surface area contributed by atoms with E-state index < -0.39 is 0 Å². The molecule has 35 heavy (non-hydrogen) atoms. The molecule has 0 bridgehead atoms. The largest absolute Gasteiger partial charge is 0.493 e. The van der Waals surface area contributed by atoms with Crippen molar-refractivity contribution in [3.63, 3.8) is 0 Å². The quantitative estimate of drug-likeness (QED) is 0.383. The van der Waals surface area contributed by atoms with Gasteiger partial charge in [0.05, 0.1) is 13.3 Å². The van der Waals surface area contributed by atoms with E-state index in [0.717, 1.165) is 5.69 Å². The van der Waals surface area contributed by atoms with Crippen LogP contribution < -0.4 is 25.7 Å². The Kier molecular flexibility index (Phi) is 7.37. The molecule has 1 amide bonds. The Bertz CT molecular complexity index is 1370. The van der Waals surface area contributed by atoms with E-state index in [1.54, 1.807) is 55.7 Å². The Morgan fingerprint density at radius 1 is 1.00 bits per heavy atom. The van der Waals surface area contributed by atoms with Crippen LogP contribution in [-0.2, 0) is 13.5 Å². The van der Waals surface area contributed by atoms with Crippen LogP contribution in [0.15, 0.2) is 83.9 Å². The van der Waals surface area contributed by atoms with Crippen LogP contribution in [0.25, 0.3) is 0 Å². The number of anilines is 2. The smallest absolute Gasteiger partial charge is 0.294 e. The van der Waals surface area contributed by atoms with Gasteiger partial charge in [-0.2, -0.15) is 5.10 Å². The summed E-state index contributed by atoms with van der Waals surface area (Å²) >= 11 is 0. The van der Waals surface area contributed by atoms with Crippen molar-refractivity contribution >= 4 is 17.3 Å². The summed E-state index contributed by atoms with van der Waals surface area (Å²) in [6.45, 7) is 0.454. The number of ether oxygens (including phenoxy) is 2. The van der Waals surface area contributed by atoms with Gasteiger partial charge in [-0.25, -0.2) is 4.68 Å². The number of nitrogens with zero attached hydrogens (tertiary/aromatic N) is 3. The minimum Gasteiger partial charge on any atom is -0.493 e. The van der Waals surface area contributed by atoms with Crippen molar-refractivity contribution < 1.29 is 14.3 Å². The third-order valence-corrected chi connectivity index (χ3v) is 5.18. The van der Waals surface area contributed by atoms with Crippen LogP contribution in [0.4, 0.5) is 11.4 Å². The average Bonchev–Trinajstić information content (AvgIpc) is 2.89. The zero-order valence-corrected chi connectivity index (χ0v) is 19.4. The van der Waals surface area contributed by atoms with Gasteiger partial charge in [0.1, 0.15) is 0 Å².